The van der Waals surface area contributed by atoms with Crippen molar-refractivity contribution in [2.75, 3.05) is 31.8 Å². The van der Waals surface area contributed by atoms with Gasteiger partial charge in [-0.2, -0.15) is 0 Å². The molecule has 0 saturated carbocycles. The number of carbonyl (C=O) groups is 2. The number of nitrogens with one attached hydrogen (secondary N) is 1. The van der Waals surface area contributed by atoms with Gasteiger partial charge in [-0.25, -0.2) is 13.2 Å². The van der Waals surface area contributed by atoms with Gasteiger partial charge in [0.15, 0.2) is 27.9 Å². The Kier molecular flexibility index (Phi) is 7.49. The molecule has 0 spiro atoms. The topological polar surface area (TPSA) is 108 Å². The van der Waals surface area contributed by atoms with Crippen LogP contribution < -0.4 is 14.8 Å². The van der Waals surface area contributed by atoms with Crippen LogP contribution in [-0.2, 0) is 19.4 Å². The molecule has 10 heteroatoms. The molecular weight excluding hydrogens is 442 g/mol. The lowest BCUT2D eigenvalue weighted by Crippen LogP contribution is -2.38. The van der Waals surface area contributed by atoms with Crippen LogP contribution in [0, 0.1) is 0 Å². The van der Waals surface area contributed by atoms with Crippen molar-refractivity contribution < 1.29 is 32.2 Å². The van der Waals surface area contributed by atoms with Gasteiger partial charge < -0.3 is 19.5 Å². The van der Waals surface area contributed by atoms with E-state index in [0.29, 0.717) is 29.0 Å². The highest BCUT2D eigenvalue weighted by molar-refractivity contribution is 9.10. The minimum absolute atomic E-state index is 0.0536. The third-order valence-corrected chi connectivity index (χ3v) is 6.20. The van der Waals surface area contributed by atoms with Crippen LogP contribution in [0.1, 0.15) is 30.1 Å². The van der Waals surface area contributed by atoms with Crippen molar-refractivity contribution in [2.45, 2.75) is 25.8 Å². The summed E-state index contributed by atoms with van der Waals surface area (Å²) in [6.07, 6.45) is 1.18. The van der Waals surface area contributed by atoms with Crippen LogP contribution in [0.5, 0.6) is 11.5 Å². The molecule has 1 aromatic rings. The van der Waals surface area contributed by atoms with Gasteiger partial charge in [0.2, 0.25) is 0 Å². The molecule has 1 aromatic carbocycles. The Morgan fingerprint density at radius 3 is 2.67 bits per heavy atom. The number of ether oxygens (including phenoxy) is 3. The second-order valence-electron chi connectivity index (χ2n) is 6.08. The second-order valence-corrected chi connectivity index (χ2v) is 9.16. The molecule has 8 nitrogen and oxygen atoms in total. The van der Waals surface area contributed by atoms with E-state index in [1.807, 2.05) is 6.92 Å². The average Bonchev–Trinajstić information content (AvgIpc) is 2.96. The van der Waals surface area contributed by atoms with Crippen LogP contribution in [-0.4, -0.2) is 58.2 Å². The first kappa shape index (κ1) is 21.5. The zero-order valence-corrected chi connectivity index (χ0v) is 17.5. The molecule has 150 valence electrons. The highest BCUT2D eigenvalue weighted by Crippen LogP contribution is 2.37. The Morgan fingerprint density at radius 1 is 1.33 bits per heavy atom. The first-order chi connectivity index (χ1) is 12.8. The molecule has 27 heavy (non-hydrogen) atoms. The van der Waals surface area contributed by atoms with Crippen molar-refractivity contribution in [1.29, 1.82) is 0 Å². The van der Waals surface area contributed by atoms with Gasteiger partial charge in [-0.15, -0.1) is 0 Å². The lowest BCUT2D eigenvalue weighted by atomic mass is 10.2. The van der Waals surface area contributed by atoms with Crippen LogP contribution in [0.3, 0.4) is 0 Å². The van der Waals surface area contributed by atoms with Gasteiger partial charge in [-0.05, 0) is 40.9 Å². The molecule has 1 N–H and O–H groups in total. The van der Waals surface area contributed by atoms with Crippen LogP contribution >= 0.6 is 15.9 Å². The molecule has 2 rings (SSSR count). The molecular formula is C17H22BrNO7S. The van der Waals surface area contributed by atoms with E-state index in [-0.39, 0.29) is 17.1 Å². The number of halogens is 1. The zero-order chi connectivity index (χ0) is 20.0. The molecule has 1 heterocycles. The van der Waals surface area contributed by atoms with E-state index in [4.69, 9.17) is 14.2 Å². The average molecular weight is 464 g/mol. The summed E-state index contributed by atoms with van der Waals surface area (Å²) in [5, 5.41) is 2.56. The quantitative estimate of drug-likeness (QED) is 0.584. The second kappa shape index (κ2) is 9.41. The number of benzene rings is 1. The minimum Gasteiger partial charge on any atom is -0.493 e. The fraction of sp³-hybridized carbons (Fsp3) is 0.529. The SMILES string of the molecule is CCCOc1c(Br)cc(C(=O)OCC(=O)NC2CCS(=O)(=O)C2)cc1OC. The lowest BCUT2D eigenvalue weighted by Gasteiger charge is -2.14. The van der Waals surface area contributed by atoms with Crippen LogP contribution in [0.15, 0.2) is 16.6 Å². The molecule has 0 aliphatic carbocycles. The Labute approximate surface area is 166 Å². The van der Waals surface area contributed by atoms with Crippen LogP contribution in [0.25, 0.3) is 0 Å². The Morgan fingerprint density at radius 2 is 2.07 bits per heavy atom. The van der Waals surface area contributed by atoms with E-state index in [1.54, 1.807) is 0 Å². The fourth-order valence-corrected chi connectivity index (χ4v) is 4.80. The predicted molar refractivity (Wildman–Crippen MR) is 102 cm³/mol. The number of hydrogen-bond donors (Lipinski definition) is 1. The van der Waals surface area contributed by atoms with Crippen molar-refractivity contribution in [1.82, 2.24) is 5.32 Å². The number of sulfone groups is 1. The van der Waals surface area contributed by atoms with Crippen molar-refractivity contribution in [2.24, 2.45) is 0 Å². The molecule has 0 bridgehead atoms. The number of rotatable bonds is 8. The monoisotopic (exact) mass is 463 g/mol. The van der Waals surface area contributed by atoms with E-state index in [0.717, 1.165) is 6.42 Å². The van der Waals surface area contributed by atoms with Gasteiger partial charge in [0.05, 0.1) is 35.3 Å². The highest BCUT2D eigenvalue weighted by Gasteiger charge is 2.29. The predicted octanol–water partition coefficient (Wildman–Crippen LogP) is 1.71. The maximum Gasteiger partial charge on any atom is 0.338 e. The van der Waals surface area contributed by atoms with Crippen molar-refractivity contribution in [3.63, 3.8) is 0 Å². The zero-order valence-electron chi connectivity index (χ0n) is 15.1. The van der Waals surface area contributed by atoms with Crippen molar-refractivity contribution >= 4 is 37.6 Å². The van der Waals surface area contributed by atoms with Gasteiger partial charge >= 0.3 is 5.97 Å². The number of carbonyl (C=O) groups excluding carboxylic acids is 2. The molecule has 1 fully saturated rings. The van der Waals surface area contributed by atoms with Gasteiger partial charge in [-0.3, -0.25) is 4.79 Å². The number of esters is 1. The summed E-state index contributed by atoms with van der Waals surface area (Å²) in [6.45, 7) is 1.97. The Bertz CT molecular complexity index is 810. The maximum atomic E-state index is 12.2. The van der Waals surface area contributed by atoms with E-state index in [1.165, 1.54) is 19.2 Å². The number of amides is 1. The summed E-state index contributed by atoms with van der Waals surface area (Å²) >= 11 is 3.34. The first-order valence-electron chi connectivity index (χ1n) is 8.43. The summed E-state index contributed by atoms with van der Waals surface area (Å²) in [4.78, 5) is 24.1. The molecule has 1 aliphatic heterocycles. The van der Waals surface area contributed by atoms with Gasteiger partial charge in [-0.1, -0.05) is 6.92 Å². The summed E-state index contributed by atoms with van der Waals surface area (Å²) < 4.78 is 39.2. The molecule has 1 atom stereocenters. The van der Waals surface area contributed by atoms with Gasteiger partial charge in [0, 0.05) is 6.04 Å². The van der Waals surface area contributed by atoms with E-state index >= 15 is 0 Å². The number of hydrogen-bond acceptors (Lipinski definition) is 7. The Hall–Kier alpha value is -1.81. The first-order valence-corrected chi connectivity index (χ1v) is 11.0. The standard InChI is InChI=1S/C17H22BrNO7S/c1-3-5-25-16-13(18)7-11(8-14(16)24-2)17(21)26-9-15(20)19-12-4-6-27(22,23)10-12/h7-8,12H,3-6,9-10H2,1-2H3,(H,19,20). The van der Waals surface area contributed by atoms with E-state index in [9.17, 15) is 18.0 Å². The minimum atomic E-state index is -3.09. The molecule has 1 saturated heterocycles. The molecule has 1 unspecified atom stereocenters. The van der Waals surface area contributed by atoms with E-state index in [2.05, 4.69) is 21.2 Å². The molecule has 0 radical (unpaired) electrons. The molecule has 0 aromatic heterocycles. The summed E-state index contributed by atoms with van der Waals surface area (Å²) in [5.74, 6) is -0.431. The maximum absolute atomic E-state index is 12.2. The number of methoxy groups -OCH3 is 1. The Balaban J connectivity index is 1.95. The molecule has 1 aliphatic rings. The smallest absolute Gasteiger partial charge is 0.338 e. The summed E-state index contributed by atoms with van der Waals surface area (Å²) in [5.41, 5.74) is 0.193. The van der Waals surface area contributed by atoms with Crippen molar-refractivity contribution in [3.05, 3.63) is 22.2 Å². The summed E-state index contributed by atoms with van der Waals surface area (Å²) in [6, 6.07) is 2.56. The van der Waals surface area contributed by atoms with Gasteiger partial charge in [0.1, 0.15) is 0 Å². The molecule has 1 amide bonds. The van der Waals surface area contributed by atoms with E-state index < -0.39 is 34.4 Å². The normalized spacial score (nSPS) is 18.0. The van der Waals surface area contributed by atoms with Crippen LogP contribution in [0.4, 0.5) is 0 Å². The highest BCUT2D eigenvalue weighted by atomic mass is 79.9. The summed E-state index contributed by atoms with van der Waals surface area (Å²) in [7, 11) is -1.64. The lowest BCUT2D eigenvalue weighted by molar-refractivity contribution is -0.124. The third-order valence-electron chi connectivity index (χ3n) is 3.85. The van der Waals surface area contributed by atoms with Crippen molar-refractivity contribution in [3.8, 4) is 11.5 Å². The largest absolute Gasteiger partial charge is 0.493 e. The fourth-order valence-electron chi connectivity index (χ4n) is 2.57. The van der Waals surface area contributed by atoms with Gasteiger partial charge in [0.25, 0.3) is 5.91 Å². The van der Waals surface area contributed by atoms with Crippen LogP contribution in [0.2, 0.25) is 0 Å². The third kappa shape index (κ3) is 6.10.